The van der Waals surface area contributed by atoms with E-state index in [1.165, 1.54) is 0 Å². The molecular weight excluding hydrogens is 630 g/mol. The first-order chi connectivity index (χ1) is 23.7. The van der Waals surface area contributed by atoms with Gasteiger partial charge in [-0.05, 0) is 48.4 Å². The van der Waals surface area contributed by atoms with Crippen LogP contribution in [0.1, 0.15) is 91.4 Å². The van der Waals surface area contributed by atoms with Crippen molar-refractivity contribution in [2.45, 2.75) is 71.8 Å². The molecule has 0 bridgehead atoms. The summed E-state index contributed by atoms with van der Waals surface area (Å²) in [5, 5.41) is 0. The lowest BCUT2D eigenvalue weighted by molar-refractivity contribution is -0.0308. The molecule has 1 aliphatic carbocycles. The number of carbonyl (C=O) groups excluding carboxylic acids is 2. The molecule has 0 amide bonds. The molecule has 1 fully saturated rings. The van der Waals surface area contributed by atoms with Gasteiger partial charge in [0.25, 0.3) is 5.88 Å². The van der Waals surface area contributed by atoms with E-state index in [-0.39, 0.29) is 53.7 Å². The Morgan fingerprint density at radius 3 is 1.90 bits per heavy atom. The zero-order valence-electron chi connectivity index (χ0n) is 29.8. The van der Waals surface area contributed by atoms with Crippen LogP contribution in [-0.2, 0) is 20.3 Å². The molecule has 3 aromatic carbocycles. The third-order valence-corrected chi connectivity index (χ3v) is 9.31. The number of rotatable bonds is 9. The molecule has 0 radical (unpaired) electrons. The highest BCUT2D eigenvalue weighted by Gasteiger charge is 2.45. The van der Waals surface area contributed by atoms with Crippen LogP contribution in [0.4, 0.5) is 5.95 Å². The molecule has 10 heteroatoms. The molecular formula is C40H45N5O5. The number of nitrogens with two attached hydrogens (primary N) is 1. The van der Waals surface area contributed by atoms with E-state index in [0.29, 0.717) is 28.7 Å². The van der Waals surface area contributed by atoms with Gasteiger partial charge in [0, 0.05) is 29.0 Å². The van der Waals surface area contributed by atoms with Gasteiger partial charge in [0.2, 0.25) is 5.95 Å². The fourth-order valence-electron chi connectivity index (χ4n) is 6.52. The van der Waals surface area contributed by atoms with E-state index in [4.69, 9.17) is 24.9 Å². The Kier molecular flexibility index (Phi) is 9.39. The Morgan fingerprint density at radius 2 is 1.36 bits per heavy atom. The molecule has 2 N–H and O–H groups in total. The highest BCUT2D eigenvalue weighted by atomic mass is 16.5. The standard InChI is InChI=1S/C40H45N5O5/c1-24-18-29(39(2,3)4)33(30(19-24)40(5,6)7)50-35-32-34(43-38(41)44-35)45(23-42-32)31-20-27(21-48-36(46)25-14-10-8-11-15-25)28(31)22-49-37(47)26-16-12-9-13-17-26/h8-19,23,27-28,31H,20-22H2,1-7H3,(H2,41,43,44). The van der Waals surface area contributed by atoms with Crippen molar-refractivity contribution in [1.82, 2.24) is 19.5 Å². The van der Waals surface area contributed by atoms with Gasteiger partial charge < -0.3 is 24.5 Å². The highest BCUT2D eigenvalue weighted by Crippen LogP contribution is 2.47. The summed E-state index contributed by atoms with van der Waals surface area (Å²) in [4.78, 5) is 39.6. The number of fused-ring (bicyclic) bond motifs is 1. The van der Waals surface area contributed by atoms with Gasteiger partial charge in [-0.25, -0.2) is 14.6 Å². The first kappa shape index (κ1) is 34.6. The van der Waals surface area contributed by atoms with Crippen LogP contribution >= 0.6 is 0 Å². The zero-order valence-corrected chi connectivity index (χ0v) is 29.8. The average molecular weight is 676 g/mol. The minimum Gasteiger partial charge on any atom is -0.462 e. The second-order valence-corrected chi connectivity index (χ2v) is 15.2. The first-order valence-corrected chi connectivity index (χ1v) is 17.0. The van der Waals surface area contributed by atoms with Gasteiger partial charge in [-0.3, -0.25) is 0 Å². The van der Waals surface area contributed by atoms with Crippen LogP contribution in [0, 0.1) is 18.8 Å². The van der Waals surface area contributed by atoms with Crippen LogP contribution < -0.4 is 10.5 Å². The number of esters is 2. The van der Waals surface area contributed by atoms with Crippen molar-refractivity contribution in [2.24, 2.45) is 11.8 Å². The zero-order chi connectivity index (χ0) is 35.8. The Hall–Kier alpha value is -5.25. The van der Waals surface area contributed by atoms with E-state index >= 15 is 0 Å². The van der Waals surface area contributed by atoms with Crippen molar-refractivity contribution in [2.75, 3.05) is 18.9 Å². The molecule has 5 aromatic rings. The third-order valence-electron chi connectivity index (χ3n) is 9.31. The van der Waals surface area contributed by atoms with Crippen LogP contribution in [0.15, 0.2) is 79.1 Å². The Labute approximate surface area is 293 Å². The number of benzene rings is 3. The number of aromatic nitrogens is 4. The SMILES string of the molecule is Cc1cc(C(C)(C)C)c(Oc2nc(N)nc3c2ncn3C2CC(COC(=O)c3ccccc3)C2COC(=O)c2ccccc2)c(C(C)(C)C)c1. The number of hydrogen-bond donors (Lipinski definition) is 1. The summed E-state index contributed by atoms with van der Waals surface area (Å²) in [7, 11) is 0. The van der Waals surface area contributed by atoms with Gasteiger partial charge in [-0.15, -0.1) is 0 Å². The number of carbonyl (C=O) groups is 2. The van der Waals surface area contributed by atoms with Gasteiger partial charge in [-0.2, -0.15) is 9.97 Å². The number of ether oxygens (including phenoxy) is 3. The van der Waals surface area contributed by atoms with Crippen LogP contribution in [0.25, 0.3) is 11.2 Å². The molecule has 50 heavy (non-hydrogen) atoms. The molecule has 2 heterocycles. The van der Waals surface area contributed by atoms with Crippen molar-refractivity contribution in [3.05, 3.63) is 107 Å². The van der Waals surface area contributed by atoms with Crippen molar-refractivity contribution < 1.29 is 23.8 Å². The number of hydrogen-bond acceptors (Lipinski definition) is 9. The molecule has 1 saturated carbocycles. The van der Waals surface area contributed by atoms with Gasteiger partial charge in [0.05, 0.1) is 30.7 Å². The van der Waals surface area contributed by atoms with E-state index in [0.717, 1.165) is 22.4 Å². The molecule has 3 atom stereocenters. The number of nitrogens with zero attached hydrogens (tertiary/aromatic N) is 4. The van der Waals surface area contributed by atoms with Crippen molar-refractivity contribution in [1.29, 1.82) is 0 Å². The fraction of sp³-hybridized carbons (Fsp3) is 0.375. The van der Waals surface area contributed by atoms with Crippen LogP contribution in [-0.4, -0.2) is 44.7 Å². The van der Waals surface area contributed by atoms with Crippen LogP contribution in [0.2, 0.25) is 0 Å². The van der Waals surface area contributed by atoms with Gasteiger partial charge in [0.1, 0.15) is 5.75 Å². The summed E-state index contributed by atoms with van der Waals surface area (Å²) in [6, 6.07) is 21.9. The maximum Gasteiger partial charge on any atom is 0.338 e. The van der Waals surface area contributed by atoms with E-state index in [1.54, 1.807) is 54.9 Å². The van der Waals surface area contributed by atoms with E-state index < -0.39 is 11.9 Å². The van der Waals surface area contributed by atoms with Crippen molar-refractivity contribution in [3.8, 4) is 11.6 Å². The first-order valence-electron chi connectivity index (χ1n) is 17.0. The smallest absolute Gasteiger partial charge is 0.338 e. The van der Waals surface area contributed by atoms with Gasteiger partial charge in [0.15, 0.2) is 11.2 Å². The molecule has 0 aliphatic heterocycles. The summed E-state index contributed by atoms with van der Waals surface area (Å²) in [5.74, 6) is -0.0249. The lowest BCUT2D eigenvalue weighted by Crippen LogP contribution is -2.44. The predicted octanol–water partition coefficient (Wildman–Crippen LogP) is 8.00. The van der Waals surface area contributed by atoms with E-state index in [1.807, 2.05) is 16.7 Å². The van der Waals surface area contributed by atoms with Crippen LogP contribution in [0.5, 0.6) is 11.6 Å². The van der Waals surface area contributed by atoms with E-state index in [2.05, 4.69) is 70.6 Å². The maximum atomic E-state index is 13.0. The molecule has 3 unspecified atom stereocenters. The van der Waals surface area contributed by atoms with Crippen molar-refractivity contribution in [3.63, 3.8) is 0 Å². The number of aryl methyl sites for hydroxylation is 1. The lowest BCUT2D eigenvalue weighted by atomic mass is 9.69. The third kappa shape index (κ3) is 7.20. The summed E-state index contributed by atoms with van der Waals surface area (Å²) in [6.07, 6.45) is 2.35. The largest absolute Gasteiger partial charge is 0.462 e. The molecule has 10 nitrogen and oxygen atoms in total. The quantitative estimate of drug-likeness (QED) is 0.154. The summed E-state index contributed by atoms with van der Waals surface area (Å²) in [5.41, 5.74) is 11.1. The van der Waals surface area contributed by atoms with Crippen LogP contribution in [0.3, 0.4) is 0 Å². The summed E-state index contributed by atoms with van der Waals surface area (Å²) < 4.78 is 20.2. The normalized spacial score (nSPS) is 17.6. The minimum absolute atomic E-state index is 0.0516. The summed E-state index contributed by atoms with van der Waals surface area (Å²) in [6.45, 7) is 15.4. The molecule has 0 saturated heterocycles. The van der Waals surface area contributed by atoms with Gasteiger partial charge >= 0.3 is 11.9 Å². The fourth-order valence-corrected chi connectivity index (χ4v) is 6.52. The van der Waals surface area contributed by atoms with Gasteiger partial charge in [-0.1, -0.05) is 95.6 Å². The molecule has 2 aromatic heterocycles. The maximum absolute atomic E-state index is 13.0. The summed E-state index contributed by atoms with van der Waals surface area (Å²) >= 11 is 0. The highest BCUT2D eigenvalue weighted by molar-refractivity contribution is 5.89. The Morgan fingerprint density at radius 1 is 0.820 bits per heavy atom. The average Bonchev–Trinajstić information content (AvgIpc) is 3.47. The Balaban J connectivity index is 1.32. The molecule has 0 spiro atoms. The lowest BCUT2D eigenvalue weighted by Gasteiger charge is -2.44. The minimum atomic E-state index is -0.420. The molecule has 260 valence electrons. The Bertz CT molecular complexity index is 1980. The number of imidazole rings is 1. The number of anilines is 1. The molecule has 1 aliphatic rings. The molecule has 6 rings (SSSR count). The topological polar surface area (TPSA) is 131 Å². The van der Waals surface area contributed by atoms with E-state index in [9.17, 15) is 9.59 Å². The monoisotopic (exact) mass is 675 g/mol. The van der Waals surface area contributed by atoms with Crippen molar-refractivity contribution >= 4 is 29.1 Å². The number of nitrogen functional groups attached to an aromatic ring is 1. The predicted molar refractivity (Wildman–Crippen MR) is 192 cm³/mol. The second kappa shape index (κ2) is 13.6. The second-order valence-electron chi connectivity index (χ2n) is 15.2.